The minimum atomic E-state index is -4.51. The van der Waals surface area contributed by atoms with Gasteiger partial charge in [-0.25, -0.2) is 9.97 Å². The number of hydrogen-bond acceptors (Lipinski definition) is 5. The minimum absolute atomic E-state index is 0.0953. The predicted octanol–water partition coefficient (Wildman–Crippen LogP) is 3.69. The molecule has 124 valence electrons. The zero-order chi connectivity index (χ0) is 17.0. The monoisotopic (exact) mass is 327 g/mol. The highest BCUT2D eigenvalue weighted by Gasteiger charge is 2.32. The molecule has 1 atom stereocenters. The molecule has 1 heterocycles. The third-order valence-corrected chi connectivity index (χ3v) is 3.20. The first-order chi connectivity index (χ1) is 10.8. The second kappa shape index (κ2) is 6.72. The van der Waals surface area contributed by atoms with E-state index in [-0.39, 0.29) is 12.0 Å². The van der Waals surface area contributed by atoms with Crippen LogP contribution >= 0.6 is 0 Å². The molecule has 23 heavy (non-hydrogen) atoms. The number of methoxy groups -OCH3 is 2. The Labute approximate surface area is 131 Å². The summed E-state index contributed by atoms with van der Waals surface area (Å²) in [6, 6.07) is 5.75. The molecule has 1 aromatic heterocycles. The Kier molecular flexibility index (Phi) is 4.92. The fourth-order valence-corrected chi connectivity index (χ4v) is 1.99. The van der Waals surface area contributed by atoms with Gasteiger partial charge in [0.25, 0.3) is 0 Å². The summed E-state index contributed by atoms with van der Waals surface area (Å²) in [7, 11) is 3.03. The van der Waals surface area contributed by atoms with Gasteiger partial charge in [0, 0.05) is 6.20 Å². The third kappa shape index (κ3) is 4.02. The van der Waals surface area contributed by atoms with Crippen molar-refractivity contribution in [2.24, 2.45) is 0 Å². The van der Waals surface area contributed by atoms with E-state index in [9.17, 15) is 13.2 Å². The van der Waals surface area contributed by atoms with Crippen molar-refractivity contribution in [3.05, 3.63) is 41.7 Å². The minimum Gasteiger partial charge on any atom is -0.493 e. The zero-order valence-corrected chi connectivity index (χ0v) is 12.8. The Morgan fingerprint density at radius 1 is 1.09 bits per heavy atom. The van der Waals surface area contributed by atoms with Crippen molar-refractivity contribution in [3.63, 3.8) is 0 Å². The van der Waals surface area contributed by atoms with Crippen LogP contribution in [0.15, 0.2) is 30.5 Å². The molecule has 0 amide bonds. The summed E-state index contributed by atoms with van der Waals surface area (Å²) < 4.78 is 48.3. The topological polar surface area (TPSA) is 56.3 Å². The molecule has 2 rings (SSSR count). The van der Waals surface area contributed by atoms with Crippen LogP contribution in [-0.2, 0) is 6.18 Å². The summed E-state index contributed by atoms with van der Waals surface area (Å²) in [5, 5.41) is 2.84. The normalized spacial score (nSPS) is 12.6. The number of ether oxygens (including phenoxy) is 2. The molecule has 0 saturated heterocycles. The smallest absolute Gasteiger partial charge is 0.433 e. The predicted molar refractivity (Wildman–Crippen MR) is 78.6 cm³/mol. The summed E-state index contributed by atoms with van der Waals surface area (Å²) in [6.45, 7) is 1.78. The summed E-state index contributed by atoms with van der Waals surface area (Å²) in [4.78, 5) is 7.30. The molecule has 0 aliphatic heterocycles. The molecule has 0 aliphatic rings. The molecular formula is C15H16F3N3O2. The molecule has 0 fully saturated rings. The van der Waals surface area contributed by atoms with Crippen molar-refractivity contribution in [2.45, 2.75) is 19.1 Å². The van der Waals surface area contributed by atoms with Gasteiger partial charge < -0.3 is 14.8 Å². The number of nitrogens with zero attached hydrogens (tertiary/aromatic N) is 2. The fourth-order valence-electron chi connectivity index (χ4n) is 1.99. The fraction of sp³-hybridized carbons (Fsp3) is 0.333. The number of anilines is 1. The van der Waals surface area contributed by atoms with E-state index >= 15 is 0 Å². The average molecular weight is 327 g/mol. The van der Waals surface area contributed by atoms with Crippen molar-refractivity contribution in [2.75, 3.05) is 19.5 Å². The highest BCUT2D eigenvalue weighted by Crippen LogP contribution is 2.31. The average Bonchev–Trinajstić information content (AvgIpc) is 2.53. The Morgan fingerprint density at radius 3 is 2.39 bits per heavy atom. The highest BCUT2D eigenvalue weighted by molar-refractivity contribution is 5.45. The summed E-state index contributed by atoms with van der Waals surface area (Å²) in [5.74, 6) is 1.00. The van der Waals surface area contributed by atoms with Gasteiger partial charge in [0.1, 0.15) is 5.69 Å². The van der Waals surface area contributed by atoms with Crippen molar-refractivity contribution in [3.8, 4) is 11.5 Å². The molecular weight excluding hydrogens is 311 g/mol. The SMILES string of the molecule is COc1ccc(C(C)Nc2nccc(C(F)(F)F)n2)cc1OC. The van der Waals surface area contributed by atoms with Gasteiger partial charge in [0.2, 0.25) is 5.95 Å². The lowest BCUT2D eigenvalue weighted by Gasteiger charge is -2.17. The second-order valence-corrected chi connectivity index (χ2v) is 4.74. The Balaban J connectivity index is 2.21. The number of aromatic nitrogens is 2. The Hall–Kier alpha value is -2.51. The van der Waals surface area contributed by atoms with Crippen LogP contribution in [0.3, 0.4) is 0 Å². The lowest BCUT2D eigenvalue weighted by Crippen LogP contribution is -2.14. The molecule has 0 aliphatic carbocycles. The number of halogens is 3. The summed E-state index contributed by atoms with van der Waals surface area (Å²) in [6.07, 6.45) is -3.44. The van der Waals surface area contributed by atoms with Crippen LogP contribution in [0.2, 0.25) is 0 Å². The van der Waals surface area contributed by atoms with Crippen molar-refractivity contribution < 1.29 is 22.6 Å². The van der Waals surface area contributed by atoms with Crippen LogP contribution < -0.4 is 14.8 Å². The molecule has 0 radical (unpaired) electrons. The standard InChI is InChI=1S/C15H16F3N3O2/c1-9(10-4-5-11(22-2)12(8-10)23-3)20-14-19-7-6-13(21-14)15(16,17)18/h4-9H,1-3H3,(H,19,20,21). The third-order valence-electron chi connectivity index (χ3n) is 3.20. The van der Waals surface area contributed by atoms with E-state index in [4.69, 9.17) is 9.47 Å². The van der Waals surface area contributed by atoms with Crippen molar-refractivity contribution >= 4 is 5.95 Å². The first kappa shape index (κ1) is 16.9. The van der Waals surface area contributed by atoms with Gasteiger partial charge in [-0.1, -0.05) is 6.07 Å². The lowest BCUT2D eigenvalue weighted by atomic mass is 10.1. The molecule has 5 nitrogen and oxygen atoms in total. The Morgan fingerprint density at radius 2 is 1.78 bits per heavy atom. The van der Waals surface area contributed by atoms with E-state index < -0.39 is 11.9 Å². The summed E-state index contributed by atoms with van der Waals surface area (Å²) >= 11 is 0. The molecule has 1 unspecified atom stereocenters. The molecule has 1 N–H and O–H groups in total. The van der Waals surface area contributed by atoms with Crippen LogP contribution in [-0.4, -0.2) is 24.2 Å². The van der Waals surface area contributed by atoms with E-state index in [1.807, 2.05) is 0 Å². The van der Waals surface area contributed by atoms with Crippen LogP contribution in [0.25, 0.3) is 0 Å². The molecule has 0 bridgehead atoms. The first-order valence-electron chi connectivity index (χ1n) is 6.74. The molecule has 8 heteroatoms. The largest absolute Gasteiger partial charge is 0.493 e. The van der Waals surface area contributed by atoms with Gasteiger partial charge in [0.15, 0.2) is 11.5 Å². The number of benzene rings is 1. The van der Waals surface area contributed by atoms with Gasteiger partial charge in [-0.15, -0.1) is 0 Å². The molecule has 0 spiro atoms. The van der Waals surface area contributed by atoms with Gasteiger partial charge in [0.05, 0.1) is 20.3 Å². The first-order valence-corrected chi connectivity index (χ1v) is 6.74. The molecule has 1 aromatic carbocycles. The second-order valence-electron chi connectivity index (χ2n) is 4.74. The van der Waals surface area contributed by atoms with Gasteiger partial charge >= 0.3 is 6.18 Å². The van der Waals surface area contributed by atoms with Gasteiger partial charge in [-0.2, -0.15) is 13.2 Å². The quantitative estimate of drug-likeness (QED) is 0.908. The van der Waals surface area contributed by atoms with E-state index in [2.05, 4.69) is 15.3 Å². The highest BCUT2D eigenvalue weighted by atomic mass is 19.4. The maximum absolute atomic E-state index is 12.7. The lowest BCUT2D eigenvalue weighted by molar-refractivity contribution is -0.141. The number of rotatable bonds is 5. The molecule has 0 saturated carbocycles. The Bertz CT molecular complexity index is 677. The number of nitrogens with one attached hydrogen (secondary N) is 1. The maximum atomic E-state index is 12.7. The van der Waals surface area contributed by atoms with Crippen molar-refractivity contribution in [1.29, 1.82) is 0 Å². The van der Waals surface area contributed by atoms with Crippen LogP contribution in [0.1, 0.15) is 24.2 Å². The van der Waals surface area contributed by atoms with E-state index in [1.54, 1.807) is 25.1 Å². The zero-order valence-electron chi connectivity index (χ0n) is 12.8. The van der Waals surface area contributed by atoms with Gasteiger partial charge in [-0.3, -0.25) is 0 Å². The van der Waals surface area contributed by atoms with E-state index in [0.717, 1.165) is 17.8 Å². The van der Waals surface area contributed by atoms with E-state index in [0.29, 0.717) is 11.5 Å². The van der Waals surface area contributed by atoms with Crippen LogP contribution in [0, 0.1) is 0 Å². The summed E-state index contributed by atoms with van der Waals surface area (Å²) in [5.41, 5.74) is -0.196. The van der Waals surface area contributed by atoms with Crippen LogP contribution in [0.4, 0.5) is 19.1 Å². The number of hydrogen-bond donors (Lipinski definition) is 1. The number of alkyl halides is 3. The van der Waals surface area contributed by atoms with Gasteiger partial charge in [-0.05, 0) is 30.7 Å². The molecule has 2 aromatic rings. The van der Waals surface area contributed by atoms with Crippen molar-refractivity contribution in [1.82, 2.24) is 9.97 Å². The van der Waals surface area contributed by atoms with E-state index in [1.165, 1.54) is 14.2 Å². The maximum Gasteiger partial charge on any atom is 0.433 e. The van der Waals surface area contributed by atoms with Crippen LogP contribution in [0.5, 0.6) is 11.5 Å².